The maximum absolute atomic E-state index is 13.9. The molecular weight excluding hydrogens is 443 g/mol. The van der Waals surface area contributed by atoms with E-state index in [4.69, 9.17) is 0 Å². The average Bonchev–Trinajstić information content (AvgIpc) is 3.28. The van der Waals surface area contributed by atoms with Crippen molar-refractivity contribution in [3.8, 4) is 0 Å². The van der Waals surface area contributed by atoms with Crippen molar-refractivity contribution >= 4 is 11.7 Å². The van der Waals surface area contributed by atoms with Crippen molar-refractivity contribution < 1.29 is 18.0 Å². The molecule has 6 nitrogen and oxygen atoms in total. The van der Waals surface area contributed by atoms with Gasteiger partial charge in [-0.1, -0.05) is 60.7 Å². The molecule has 3 heterocycles. The molecule has 3 aromatic rings. The standard InChI is InChI=1S/C25H26F3N5O/c26-25(27,28)22-15-20(19-9-5-2-6-10-19)29-23-16-21(30-33(22)23)24(34)32-13-11-31(12-14-32)17-18-7-3-1-4-8-18/h1-10,16,20,22,29H,11-15,17H2/t20-,22+/m1/s1. The second-order valence-corrected chi connectivity index (χ2v) is 8.81. The lowest BCUT2D eigenvalue weighted by Gasteiger charge is -2.34. The molecule has 2 atom stereocenters. The minimum absolute atomic E-state index is 0.0435. The Morgan fingerprint density at radius 1 is 0.971 bits per heavy atom. The Morgan fingerprint density at radius 3 is 2.26 bits per heavy atom. The molecule has 1 aromatic heterocycles. The van der Waals surface area contributed by atoms with Gasteiger partial charge in [-0.15, -0.1) is 0 Å². The van der Waals surface area contributed by atoms with Crippen LogP contribution in [-0.4, -0.2) is 57.8 Å². The highest BCUT2D eigenvalue weighted by atomic mass is 19.4. The number of halogens is 3. The number of hydrogen-bond donors (Lipinski definition) is 1. The van der Waals surface area contributed by atoms with Crippen molar-refractivity contribution in [2.45, 2.75) is 31.2 Å². The van der Waals surface area contributed by atoms with Crippen LogP contribution in [0.15, 0.2) is 66.7 Å². The molecule has 1 fully saturated rings. The van der Waals surface area contributed by atoms with Gasteiger partial charge in [0.2, 0.25) is 0 Å². The summed E-state index contributed by atoms with van der Waals surface area (Å²) in [7, 11) is 0. The predicted octanol–water partition coefficient (Wildman–Crippen LogP) is 4.50. The van der Waals surface area contributed by atoms with Gasteiger partial charge in [0.25, 0.3) is 5.91 Å². The van der Waals surface area contributed by atoms with Crippen molar-refractivity contribution in [2.75, 3.05) is 31.5 Å². The van der Waals surface area contributed by atoms with Crippen LogP contribution < -0.4 is 5.32 Å². The van der Waals surface area contributed by atoms with E-state index in [9.17, 15) is 18.0 Å². The van der Waals surface area contributed by atoms with Crippen LogP contribution in [0.3, 0.4) is 0 Å². The van der Waals surface area contributed by atoms with Gasteiger partial charge in [-0.25, -0.2) is 4.68 Å². The van der Waals surface area contributed by atoms with Gasteiger partial charge in [0.1, 0.15) is 5.82 Å². The molecule has 178 valence electrons. The number of nitrogens with one attached hydrogen (secondary N) is 1. The largest absolute Gasteiger partial charge is 0.410 e. The summed E-state index contributed by atoms with van der Waals surface area (Å²) >= 11 is 0. The van der Waals surface area contributed by atoms with E-state index in [1.807, 2.05) is 24.3 Å². The average molecular weight is 470 g/mol. The molecular formula is C25H26F3N5O. The number of amides is 1. The monoisotopic (exact) mass is 469 g/mol. The third-order valence-electron chi connectivity index (χ3n) is 6.52. The highest BCUT2D eigenvalue weighted by Gasteiger charge is 2.47. The smallest absolute Gasteiger partial charge is 0.363 e. The fraction of sp³-hybridized carbons (Fsp3) is 0.360. The molecule has 2 aromatic carbocycles. The summed E-state index contributed by atoms with van der Waals surface area (Å²) < 4.78 is 42.6. The minimum atomic E-state index is -4.47. The number of fused-ring (bicyclic) bond motifs is 1. The molecule has 1 amide bonds. The number of anilines is 1. The van der Waals surface area contributed by atoms with Crippen molar-refractivity contribution in [3.63, 3.8) is 0 Å². The maximum Gasteiger partial charge on any atom is 0.410 e. The fourth-order valence-electron chi connectivity index (χ4n) is 4.69. The molecule has 0 unspecified atom stereocenters. The summed E-state index contributed by atoms with van der Waals surface area (Å²) in [5, 5.41) is 7.27. The summed E-state index contributed by atoms with van der Waals surface area (Å²) in [5.74, 6) is -0.117. The molecule has 9 heteroatoms. The Morgan fingerprint density at radius 2 is 1.62 bits per heavy atom. The van der Waals surface area contributed by atoms with E-state index in [0.29, 0.717) is 26.2 Å². The Balaban J connectivity index is 1.30. The predicted molar refractivity (Wildman–Crippen MR) is 122 cm³/mol. The van der Waals surface area contributed by atoms with E-state index in [1.54, 1.807) is 29.2 Å². The summed E-state index contributed by atoms with van der Waals surface area (Å²) in [6, 6.07) is 18.3. The molecule has 0 saturated carbocycles. The SMILES string of the molecule is O=C(c1cc2n(n1)[C@H](C(F)(F)F)C[C@H](c1ccccc1)N2)N1CCN(Cc2ccccc2)CC1. The number of alkyl halides is 3. The summed E-state index contributed by atoms with van der Waals surface area (Å²) in [5.41, 5.74) is 2.02. The van der Waals surface area contributed by atoms with Gasteiger partial charge < -0.3 is 10.2 Å². The number of rotatable bonds is 4. The Hall–Kier alpha value is -3.33. The first kappa shape index (κ1) is 22.5. The molecule has 0 bridgehead atoms. The molecule has 0 spiro atoms. The number of carbonyl (C=O) groups excluding carboxylic acids is 1. The van der Waals surface area contributed by atoms with Gasteiger partial charge in [0, 0.05) is 45.2 Å². The van der Waals surface area contributed by atoms with Gasteiger partial charge in [-0.2, -0.15) is 18.3 Å². The highest BCUT2D eigenvalue weighted by molar-refractivity contribution is 5.93. The van der Waals surface area contributed by atoms with Crippen molar-refractivity contribution in [1.29, 1.82) is 0 Å². The fourth-order valence-corrected chi connectivity index (χ4v) is 4.69. The van der Waals surface area contributed by atoms with Gasteiger partial charge in [-0.3, -0.25) is 9.69 Å². The quantitative estimate of drug-likeness (QED) is 0.611. The Labute approximate surface area is 196 Å². The lowest BCUT2D eigenvalue weighted by molar-refractivity contribution is -0.173. The van der Waals surface area contributed by atoms with Crippen molar-refractivity contribution in [3.05, 3.63) is 83.6 Å². The number of benzene rings is 2. The second kappa shape index (κ2) is 9.13. The third-order valence-corrected chi connectivity index (χ3v) is 6.52. The Kier molecular flexibility index (Phi) is 6.03. The van der Waals surface area contributed by atoms with Crippen LogP contribution in [-0.2, 0) is 6.54 Å². The molecule has 5 rings (SSSR count). The first-order chi connectivity index (χ1) is 16.4. The summed E-state index contributed by atoms with van der Waals surface area (Å²) in [6.45, 7) is 3.23. The number of piperazine rings is 1. The van der Waals surface area contributed by atoms with Crippen LogP contribution in [0.4, 0.5) is 19.0 Å². The van der Waals surface area contributed by atoms with Crippen LogP contribution in [0, 0.1) is 0 Å². The highest BCUT2D eigenvalue weighted by Crippen LogP contribution is 2.43. The zero-order valence-corrected chi connectivity index (χ0v) is 18.6. The molecule has 2 aliphatic heterocycles. The maximum atomic E-state index is 13.9. The molecule has 0 aliphatic carbocycles. The van der Waals surface area contributed by atoms with Crippen LogP contribution in [0.1, 0.15) is 40.1 Å². The third kappa shape index (κ3) is 4.65. The first-order valence-corrected chi connectivity index (χ1v) is 11.4. The number of aromatic nitrogens is 2. The molecule has 34 heavy (non-hydrogen) atoms. The number of carbonyl (C=O) groups is 1. The van der Waals surface area contributed by atoms with E-state index >= 15 is 0 Å². The normalized spacial score (nSPS) is 21.1. The van der Waals surface area contributed by atoms with E-state index < -0.39 is 18.3 Å². The molecule has 0 radical (unpaired) electrons. The van der Waals surface area contributed by atoms with E-state index in [2.05, 4.69) is 27.4 Å². The van der Waals surface area contributed by atoms with Gasteiger partial charge in [0.15, 0.2) is 11.7 Å². The topological polar surface area (TPSA) is 53.4 Å². The van der Waals surface area contributed by atoms with Gasteiger partial charge in [-0.05, 0) is 11.1 Å². The van der Waals surface area contributed by atoms with E-state index in [1.165, 1.54) is 11.6 Å². The number of hydrogen-bond acceptors (Lipinski definition) is 4. The molecule has 2 aliphatic rings. The lowest BCUT2D eigenvalue weighted by Crippen LogP contribution is -2.48. The van der Waals surface area contributed by atoms with E-state index in [0.717, 1.165) is 16.8 Å². The minimum Gasteiger partial charge on any atom is -0.363 e. The van der Waals surface area contributed by atoms with Crippen molar-refractivity contribution in [1.82, 2.24) is 19.6 Å². The van der Waals surface area contributed by atoms with Crippen LogP contribution in [0.2, 0.25) is 0 Å². The van der Waals surface area contributed by atoms with Crippen molar-refractivity contribution in [2.24, 2.45) is 0 Å². The lowest BCUT2D eigenvalue weighted by atomic mass is 9.97. The second-order valence-electron chi connectivity index (χ2n) is 8.81. The van der Waals surface area contributed by atoms with Crippen LogP contribution in [0.5, 0.6) is 0 Å². The van der Waals surface area contributed by atoms with Crippen LogP contribution >= 0.6 is 0 Å². The molecule has 1 saturated heterocycles. The molecule has 1 N–H and O–H groups in total. The first-order valence-electron chi connectivity index (χ1n) is 11.4. The summed E-state index contributed by atoms with van der Waals surface area (Å²) in [6.07, 6.45) is -4.66. The zero-order valence-electron chi connectivity index (χ0n) is 18.6. The Bertz CT molecular complexity index is 1120. The van der Waals surface area contributed by atoms with Crippen LogP contribution in [0.25, 0.3) is 0 Å². The number of nitrogens with zero attached hydrogens (tertiary/aromatic N) is 4. The summed E-state index contributed by atoms with van der Waals surface area (Å²) in [4.78, 5) is 17.1. The zero-order chi connectivity index (χ0) is 23.7. The van der Waals surface area contributed by atoms with Gasteiger partial charge >= 0.3 is 6.18 Å². The van der Waals surface area contributed by atoms with Gasteiger partial charge in [0.05, 0.1) is 6.04 Å². The van der Waals surface area contributed by atoms with E-state index in [-0.39, 0.29) is 23.8 Å².